The van der Waals surface area contributed by atoms with Crippen molar-refractivity contribution in [2.24, 2.45) is 0 Å². The fraction of sp³-hybridized carbons (Fsp3) is 0.208. The summed E-state index contributed by atoms with van der Waals surface area (Å²) in [6.07, 6.45) is 3.21. The van der Waals surface area contributed by atoms with E-state index in [-0.39, 0.29) is 24.3 Å². The van der Waals surface area contributed by atoms with Gasteiger partial charge in [-0.15, -0.1) is 0 Å². The highest BCUT2D eigenvalue weighted by molar-refractivity contribution is 5.93. The number of aromatic nitrogens is 4. The van der Waals surface area contributed by atoms with Crippen molar-refractivity contribution in [2.45, 2.75) is 19.5 Å². The van der Waals surface area contributed by atoms with E-state index >= 15 is 0 Å². The Bertz CT molecular complexity index is 1450. The molecular weight excluding hydrogens is 438 g/mol. The van der Waals surface area contributed by atoms with Gasteiger partial charge in [-0.2, -0.15) is 0 Å². The van der Waals surface area contributed by atoms with Crippen LogP contribution in [0.3, 0.4) is 0 Å². The fourth-order valence-corrected chi connectivity index (χ4v) is 3.60. The van der Waals surface area contributed by atoms with Crippen LogP contribution in [0.5, 0.6) is 11.5 Å². The van der Waals surface area contributed by atoms with Crippen molar-refractivity contribution < 1.29 is 14.3 Å². The van der Waals surface area contributed by atoms with Crippen molar-refractivity contribution in [3.63, 3.8) is 0 Å². The summed E-state index contributed by atoms with van der Waals surface area (Å²) < 4.78 is 12.7. The number of amides is 1. The third-order valence-electron chi connectivity index (χ3n) is 5.29. The van der Waals surface area contributed by atoms with Crippen LogP contribution in [0.15, 0.2) is 70.5 Å². The Kier molecular flexibility index (Phi) is 6.67. The van der Waals surface area contributed by atoms with Gasteiger partial charge < -0.3 is 14.8 Å². The largest absolute Gasteiger partial charge is 0.497 e. The van der Waals surface area contributed by atoms with Crippen LogP contribution in [0.2, 0.25) is 0 Å². The molecule has 34 heavy (non-hydrogen) atoms. The van der Waals surface area contributed by atoms with Gasteiger partial charge in [0.25, 0.3) is 5.56 Å². The molecule has 10 nitrogen and oxygen atoms in total. The number of aryl methyl sites for hydroxylation is 1. The Morgan fingerprint density at radius 1 is 0.971 bits per heavy atom. The van der Waals surface area contributed by atoms with Gasteiger partial charge in [0.15, 0.2) is 11.2 Å². The summed E-state index contributed by atoms with van der Waals surface area (Å²) in [6, 6.07) is 14.5. The first-order valence-corrected chi connectivity index (χ1v) is 10.5. The number of carbonyl (C=O) groups excluding carboxylic acids is 1. The average Bonchev–Trinajstić information content (AvgIpc) is 2.87. The van der Waals surface area contributed by atoms with Crippen LogP contribution in [0.1, 0.15) is 5.56 Å². The molecule has 0 unspecified atom stereocenters. The zero-order chi connectivity index (χ0) is 24.1. The van der Waals surface area contributed by atoms with Crippen LogP contribution in [-0.2, 0) is 24.3 Å². The molecule has 1 amide bonds. The molecule has 0 aliphatic rings. The minimum Gasteiger partial charge on any atom is -0.497 e. The number of nitrogens with one attached hydrogen (secondary N) is 1. The zero-order valence-corrected chi connectivity index (χ0v) is 18.7. The molecule has 174 valence electrons. The third kappa shape index (κ3) is 4.65. The molecule has 1 N–H and O–H groups in total. The van der Waals surface area contributed by atoms with E-state index in [9.17, 15) is 14.4 Å². The Morgan fingerprint density at radius 2 is 1.74 bits per heavy atom. The van der Waals surface area contributed by atoms with Crippen molar-refractivity contribution in [3.8, 4) is 11.5 Å². The summed E-state index contributed by atoms with van der Waals surface area (Å²) in [5, 5.41) is 2.73. The van der Waals surface area contributed by atoms with E-state index in [2.05, 4.69) is 15.3 Å². The first-order chi connectivity index (χ1) is 16.5. The molecule has 0 spiro atoms. The van der Waals surface area contributed by atoms with Gasteiger partial charge in [-0.05, 0) is 24.1 Å². The number of rotatable bonds is 8. The lowest BCUT2D eigenvalue weighted by Crippen LogP contribution is -2.42. The molecule has 0 aliphatic carbocycles. The van der Waals surface area contributed by atoms with E-state index < -0.39 is 17.2 Å². The second-order valence-electron chi connectivity index (χ2n) is 7.40. The lowest BCUT2D eigenvalue weighted by atomic mass is 10.1. The second-order valence-corrected chi connectivity index (χ2v) is 7.40. The van der Waals surface area contributed by atoms with Gasteiger partial charge in [-0.1, -0.05) is 30.3 Å². The topological polar surface area (TPSA) is 117 Å². The van der Waals surface area contributed by atoms with E-state index in [1.807, 2.05) is 30.3 Å². The maximum atomic E-state index is 13.3. The minimum absolute atomic E-state index is 0.0157. The molecule has 4 rings (SSSR count). The predicted octanol–water partition coefficient (Wildman–Crippen LogP) is 1.85. The standard InChI is InChI=1S/C24H23N5O5/c1-33-17-8-9-19(34-2)18(14-17)27-20(30)15-29-22-21(25-11-12-26-22)23(31)28(24(29)32)13-10-16-6-4-3-5-7-16/h3-9,11-12,14H,10,13,15H2,1-2H3,(H,27,30). The number of anilines is 1. The van der Waals surface area contributed by atoms with Crippen LogP contribution in [0.25, 0.3) is 11.2 Å². The fourth-order valence-electron chi connectivity index (χ4n) is 3.60. The number of hydrogen-bond acceptors (Lipinski definition) is 7. The second kappa shape index (κ2) is 9.99. The molecule has 0 fully saturated rings. The van der Waals surface area contributed by atoms with E-state index in [1.165, 1.54) is 26.6 Å². The van der Waals surface area contributed by atoms with Crippen molar-refractivity contribution in [1.29, 1.82) is 0 Å². The zero-order valence-electron chi connectivity index (χ0n) is 18.7. The molecule has 4 aromatic rings. The third-order valence-corrected chi connectivity index (χ3v) is 5.29. The lowest BCUT2D eigenvalue weighted by molar-refractivity contribution is -0.116. The Hall–Kier alpha value is -4.47. The van der Waals surface area contributed by atoms with E-state index in [0.29, 0.717) is 23.6 Å². The van der Waals surface area contributed by atoms with Gasteiger partial charge in [-0.25, -0.2) is 14.8 Å². The monoisotopic (exact) mass is 461 g/mol. The molecule has 0 saturated carbocycles. The number of nitrogens with zero attached hydrogens (tertiary/aromatic N) is 4. The first-order valence-electron chi connectivity index (χ1n) is 10.5. The summed E-state index contributed by atoms with van der Waals surface area (Å²) >= 11 is 0. The molecule has 2 heterocycles. The van der Waals surface area contributed by atoms with Gasteiger partial charge in [-0.3, -0.25) is 18.7 Å². The number of ether oxygens (including phenoxy) is 2. The maximum absolute atomic E-state index is 13.3. The van der Waals surface area contributed by atoms with Gasteiger partial charge in [0.05, 0.1) is 19.9 Å². The minimum atomic E-state index is -0.637. The molecule has 10 heteroatoms. The van der Waals surface area contributed by atoms with Gasteiger partial charge >= 0.3 is 5.69 Å². The van der Waals surface area contributed by atoms with Crippen LogP contribution in [-0.4, -0.2) is 39.2 Å². The highest BCUT2D eigenvalue weighted by Gasteiger charge is 2.18. The van der Waals surface area contributed by atoms with Gasteiger partial charge in [0.2, 0.25) is 5.91 Å². The molecule has 0 atom stereocenters. The average molecular weight is 461 g/mol. The van der Waals surface area contributed by atoms with E-state index in [1.54, 1.807) is 18.2 Å². The number of hydrogen-bond donors (Lipinski definition) is 1. The van der Waals surface area contributed by atoms with Crippen LogP contribution in [0, 0.1) is 0 Å². The Labute approximate surface area is 194 Å². The summed E-state index contributed by atoms with van der Waals surface area (Å²) in [6.45, 7) is -0.237. The normalized spacial score (nSPS) is 10.8. The number of benzene rings is 2. The molecule has 2 aromatic carbocycles. The first kappa shape index (κ1) is 22.7. The van der Waals surface area contributed by atoms with Gasteiger partial charge in [0.1, 0.15) is 18.0 Å². The van der Waals surface area contributed by atoms with Gasteiger partial charge in [0, 0.05) is 25.0 Å². The SMILES string of the molecule is COc1ccc(OC)c(NC(=O)Cn2c(=O)n(CCc3ccccc3)c(=O)c3nccnc32)c1. The van der Waals surface area contributed by atoms with Crippen LogP contribution < -0.4 is 26.0 Å². The number of carbonyl (C=O) groups is 1. The maximum Gasteiger partial charge on any atom is 0.333 e. The highest BCUT2D eigenvalue weighted by atomic mass is 16.5. The molecule has 0 aliphatic heterocycles. The Morgan fingerprint density at radius 3 is 2.47 bits per heavy atom. The number of methoxy groups -OCH3 is 2. The van der Waals surface area contributed by atoms with Crippen molar-refractivity contribution >= 4 is 22.8 Å². The molecule has 0 saturated heterocycles. The van der Waals surface area contributed by atoms with Crippen molar-refractivity contribution in [1.82, 2.24) is 19.1 Å². The van der Waals surface area contributed by atoms with Crippen LogP contribution in [0.4, 0.5) is 5.69 Å². The van der Waals surface area contributed by atoms with Crippen LogP contribution >= 0.6 is 0 Å². The highest BCUT2D eigenvalue weighted by Crippen LogP contribution is 2.28. The lowest BCUT2D eigenvalue weighted by Gasteiger charge is -2.14. The molecular formula is C24H23N5O5. The van der Waals surface area contributed by atoms with Crippen molar-refractivity contribution in [2.75, 3.05) is 19.5 Å². The predicted molar refractivity (Wildman–Crippen MR) is 126 cm³/mol. The quantitative estimate of drug-likeness (QED) is 0.426. The van der Waals surface area contributed by atoms with Crippen molar-refractivity contribution in [3.05, 3.63) is 87.3 Å². The Balaban J connectivity index is 1.69. The summed E-state index contributed by atoms with van der Waals surface area (Å²) in [5.74, 6) is 0.451. The van der Waals surface area contributed by atoms with E-state index in [4.69, 9.17) is 9.47 Å². The smallest absolute Gasteiger partial charge is 0.333 e. The van der Waals surface area contributed by atoms with E-state index in [0.717, 1.165) is 14.7 Å². The summed E-state index contributed by atoms with van der Waals surface area (Å²) in [4.78, 5) is 47.4. The number of fused-ring (bicyclic) bond motifs is 1. The molecule has 0 bridgehead atoms. The molecule has 0 radical (unpaired) electrons. The summed E-state index contributed by atoms with van der Waals surface area (Å²) in [5.41, 5.74) is 0.232. The summed E-state index contributed by atoms with van der Waals surface area (Å²) in [7, 11) is 2.99. The molecule has 2 aromatic heterocycles.